The first-order chi connectivity index (χ1) is 9.29. The Balaban J connectivity index is 1.74. The molecule has 108 valence electrons. The van der Waals surface area contributed by atoms with E-state index in [4.69, 9.17) is 5.11 Å². The molecule has 1 heterocycles. The summed E-state index contributed by atoms with van der Waals surface area (Å²) in [7, 11) is 0. The first-order valence-electron chi connectivity index (χ1n) is 7.65. The largest absolute Gasteiger partial charge is 0.396 e. The molecular formula is C15H27N3O. The molecule has 1 atom stereocenters. The van der Waals surface area contributed by atoms with Gasteiger partial charge in [0, 0.05) is 19.3 Å². The molecule has 4 nitrogen and oxygen atoms in total. The number of aliphatic hydroxyl groups is 1. The van der Waals surface area contributed by atoms with Crippen molar-refractivity contribution in [2.45, 2.75) is 58.0 Å². The van der Waals surface area contributed by atoms with Crippen LogP contribution in [0, 0.1) is 5.92 Å². The predicted octanol–water partition coefficient (Wildman–Crippen LogP) is 2.50. The van der Waals surface area contributed by atoms with Crippen LogP contribution in [-0.4, -0.2) is 28.0 Å². The minimum Gasteiger partial charge on any atom is -0.396 e. The molecule has 1 aliphatic carbocycles. The number of aromatic nitrogens is 2. The van der Waals surface area contributed by atoms with Crippen LogP contribution >= 0.6 is 0 Å². The van der Waals surface area contributed by atoms with Crippen LogP contribution in [0.25, 0.3) is 0 Å². The lowest BCUT2D eigenvalue weighted by Gasteiger charge is -2.21. The molecule has 1 unspecified atom stereocenters. The molecule has 0 aromatic carbocycles. The highest BCUT2D eigenvalue weighted by Gasteiger charge is 2.15. The summed E-state index contributed by atoms with van der Waals surface area (Å²) in [6.07, 6.45) is 9.63. The molecule has 1 aromatic heterocycles. The van der Waals surface area contributed by atoms with E-state index in [1.165, 1.54) is 32.1 Å². The van der Waals surface area contributed by atoms with E-state index in [1.807, 2.05) is 0 Å². The Morgan fingerprint density at radius 2 is 2.21 bits per heavy atom. The van der Waals surface area contributed by atoms with Gasteiger partial charge < -0.3 is 10.4 Å². The highest BCUT2D eigenvalue weighted by molar-refractivity contribution is 4.99. The van der Waals surface area contributed by atoms with Crippen molar-refractivity contribution in [1.29, 1.82) is 0 Å². The Labute approximate surface area is 116 Å². The van der Waals surface area contributed by atoms with Crippen molar-refractivity contribution in [3.8, 4) is 0 Å². The molecule has 0 radical (unpaired) electrons. The summed E-state index contributed by atoms with van der Waals surface area (Å²) in [4.78, 5) is 0. The Morgan fingerprint density at radius 3 is 2.95 bits per heavy atom. The van der Waals surface area contributed by atoms with Crippen molar-refractivity contribution in [3.05, 3.63) is 18.0 Å². The smallest absolute Gasteiger partial charge is 0.0762 e. The van der Waals surface area contributed by atoms with Crippen molar-refractivity contribution in [1.82, 2.24) is 15.1 Å². The summed E-state index contributed by atoms with van der Waals surface area (Å²) in [5, 5.41) is 17.0. The highest BCUT2D eigenvalue weighted by atomic mass is 16.3. The van der Waals surface area contributed by atoms with Crippen molar-refractivity contribution in [2.24, 2.45) is 5.92 Å². The normalized spacial score (nSPS) is 18.6. The molecule has 0 saturated heterocycles. The molecule has 2 N–H and O–H groups in total. The number of hydrogen-bond donors (Lipinski definition) is 2. The van der Waals surface area contributed by atoms with Gasteiger partial charge in [-0.2, -0.15) is 5.10 Å². The Hall–Kier alpha value is -0.870. The molecule has 0 amide bonds. The fraction of sp³-hybridized carbons (Fsp3) is 0.800. The van der Waals surface area contributed by atoms with E-state index in [0.29, 0.717) is 12.0 Å². The van der Waals surface area contributed by atoms with Gasteiger partial charge in [-0.05, 0) is 37.8 Å². The number of hydrogen-bond acceptors (Lipinski definition) is 3. The average Bonchev–Trinajstić information content (AvgIpc) is 2.89. The number of nitrogens with one attached hydrogen (secondary N) is 1. The summed E-state index contributed by atoms with van der Waals surface area (Å²) in [5.41, 5.74) is 1.13. The van der Waals surface area contributed by atoms with Gasteiger partial charge in [0.05, 0.1) is 11.7 Å². The van der Waals surface area contributed by atoms with Crippen LogP contribution in [0.5, 0.6) is 0 Å². The lowest BCUT2D eigenvalue weighted by molar-refractivity contribution is 0.260. The molecule has 1 aromatic rings. The molecular weight excluding hydrogens is 238 g/mol. The standard InChI is InChI=1S/C15H27N3O/c1-13(8-10-19)11-16-12-14-7-9-18(17-14)15-5-3-2-4-6-15/h7,9,13,15-16,19H,2-6,8,10-12H2,1H3. The summed E-state index contributed by atoms with van der Waals surface area (Å²) in [5.74, 6) is 0.519. The van der Waals surface area contributed by atoms with Crippen LogP contribution in [0.3, 0.4) is 0 Å². The Morgan fingerprint density at radius 1 is 1.42 bits per heavy atom. The third-order valence-corrected chi connectivity index (χ3v) is 4.03. The highest BCUT2D eigenvalue weighted by Crippen LogP contribution is 2.27. The fourth-order valence-corrected chi connectivity index (χ4v) is 2.79. The van der Waals surface area contributed by atoms with Crippen LogP contribution in [0.15, 0.2) is 12.3 Å². The lowest BCUT2D eigenvalue weighted by Crippen LogP contribution is -2.22. The first-order valence-corrected chi connectivity index (χ1v) is 7.65. The van der Waals surface area contributed by atoms with Crippen LogP contribution in [0.1, 0.15) is 57.2 Å². The average molecular weight is 265 g/mol. The number of aliphatic hydroxyl groups excluding tert-OH is 1. The third-order valence-electron chi connectivity index (χ3n) is 4.03. The van der Waals surface area contributed by atoms with Gasteiger partial charge >= 0.3 is 0 Å². The monoisotopic (exact) mass is 265 g/mol. The van der Waals surface area contributed by atoms with Gasteiger partial charge in [0.1, 0.15) is 0 Å². The quantitative estimate of drug-likeness (QED) is 0.796. The van der Waals surface area contributed by atoms with E-state index >= 15 is 0 Å². The minimum absolute atomic E-state index is 0.277. The van der Waals surface area contributed by atoms with Gasteiger partial charge in [0.2, 0.25) is 0 Å². The van der Waals surface area contributed by atoms with Crippen molar-refractivity contribution in [2.75, 3.05) is 13.2 Å². The van der Waals surface area contributed by atoms with E-state index in [9.17, 15) is 0 Å². The summed E-state index contributed by atoms with van der Waals surface area (Å²) in [6, 6.07) is 2.74. The second kappa shape index (κ2) is 7.65. The van der Waals surface area contributed by atoms with E-state index in [2.05, 4.69) is 34.3 Å². The summed E-state index contributed by atoms with van der Waals surface area (Å²) < 4.78 is 2.16. The Bertz CT molecular complexity index is 358. The summed E-state index contributed by atoms with van der Waals surface area (Å²) in [6.45, 7) is 4.20. The second-order valence-electron chi connectivity index (χ2n) is 5.83. The fourth-order valence-electron chi connectivity index (χ4n) is 2.79. The Kier molecular flexibility index (Phi) is 5.86. The molecule has 4 heteroatoms. The van der Waals surface area contributed by atoms with Crippen molar-refractivity contribution in [3.63, 3.8) is 0 Å². The molecule has 1 saturated carbocycles. The zero-order valence-electron chi connectivity index (χ0n) is 12.0. The zero-order chi connectivity index (χ0) is 13.5. The maximum absolute atomic E-state index is 8.86. The first kappa shape index (κ1) is 14.5. The van der Waals surface area contributed by atoms with E-state index < -0.39 is 0 Å². The maximum Gasteiger partial charge on any atom is 0.0762 e. The number of rotatable bonds is 7. The zero-order valence-corrected chi connectivity index (χ0v) is 12.0. The van der Waals surface area contributed by atoms with E-state index in [0.717, 1.165) is 25.2 Å². The number of nitrogens with zero attached hydrogens (tertiary/aromatic N) is 2. The van der Waals surface area contributed by atoms with Crippen molar-refractivity contribution >= 4 is 0 Å². The minimum atomic E-state index is 0.277. The lowest BCUT2D eigenvalue weighted by atomic mass is 9.96. The molecule has 19 heavy (non-hydrogen) atoms. The third kappa shape index (κ3) is 4.62. The van der Waals surface area contributed by atoms with Gasteiger partial charge in [-0.15, -0.1) is 0 Å². The molecule has 0 aliphatic heterocycles. The van der Waals surface area contributed by atoms with Crippen LogP contribution in [0.2, 0.25) is 0 Å². The van der Waals surface area contributed by atoms with Gasteiger partial charge in [0.25, 0.3) is 0 Å². The SMILES string of the molecule is CC(CCO)CNCc1ccn(C2CCCCC2)n1. The molecule has 0 spiro atoms. The second-order valence-corrected chi connectivity index (χ2v) is 5.83. The topological polar surface area (TPSA) is 50.1 Å². The molecule has 0 bridgehead atoms. The molecule has 1 aliphatic rings. The van der Waals surface area contributed by atoms with Crippen LogP contribution in [-0.2, 0) is 6.54 Å². The maximum atomic E-state index is 8.86. The van der Waals surface area contributed by atoms with E-state index in [-0.39, 0.29) is 6.61 Å². The van der Waals surface area contributed by atoms with Crippen LogP contribution in [0.4, 0.5) is 0 Å². The molecule has 2 rings (SSSR count). The van der Waals surface area contributed by atoms with Gasteiger partial charge in [-0.3, -0.25) is 4.68 Å². The van der Waals surface area contributed by atoms with Crippen molar-refractivity contribution < 1.29 is 5.11 Å². The summed E-state index contributed by atoms with van der Waals surface area (Å²) >= 11 is 0. The van der Waals surface area contributed by atoms with Gasteiger partial charge in [-0.1, -0.05) is 26.2 Å². The van der Waals surface area contributed by atoms with Gasteiger partial charge in [-0.25, -0.2) is 0 Å². The van der Waals surface area contributed by atoms with Crippen LogP contribution < -0.4 is 5.32 Å². The molecule has 1 fully saturated rings. The predicted molar refractivity (Wildman–Crippen MR) is 76.9 cm³/mol. The van der Waals surface area contributed by atoms with Gasteiger partial charge in [0.15, 0.2) is 0 Å². The van der Waals surface area contributed by atoms with E-state index in [1.54, 1.807) is 0 Å².